The first kappa shape index (κ1) is 8.81. The maximum Gasteiger partial charge on any atom is 0.123 e. The lowest BCUT2D eigenvalue weighted by Gasteiger charge is -2.21. The molecule has 0 saturated carbocycles. The second-order valence-electron chi connectivity index (χ2n) is 2.79. The zero-order valence-electron chi connectivity index (χ0n) is 6.39. The Morgan fingerprint density at radius 2 is 2.33 bits per heavy atom. The zero-order valence-corrected chi connectivity index (χ0v) is 10.1. The van der Waals surface area contributed by atoms with E-state index in [1.54, 1.807) is 0 Å². The van der Waals surface area contributed by atoms with Crippen molar-refractivity contribution >= 4 is 38.5 Å². The minimum atomic E-state index is 0.601. The van der Waals surface area contributed by atoms with Crippen molar-refractivity contribution in [3.8, 4) is 5.75 Å². The van der Waals surface area contributed by atoms with Crippen molar-refractivity contribution < 1.29 is 4.74 Å². The molecule has 0 aromatic heterocycles. The summed E-state index contributed by atoms with van der Waals surface area (Å²) in [5.74, 6) is 1.05. The van der Waals surface area contributed by atoms with Gasteiger partial charge in [0.2, 0.25) is 0 Å². The van der Waals surface area contributed by atoms with Crippen molar-refractivity contribution in [2.24, 2.45) is 0 Å². The van der Waals surface area contributed by atoms with E-state index >= 15 is 0 Å². The first-order chi connectivity index (χ1) is 5.77. The summed E-state index contributed by atoms with van der Waals surface area (Å²) in [4.78, 5) is 0. The van der Waals surface area contributed by atoms with Crippen LogP contribution >= 0.6 is 38.5 Å². The van der Waals surface area contributed by atoms with E-state index in [4.69, 9.17) is 4.74 Å². The third-order valence-corrected chi connectivity index (χ3v) is 3.73. The summed E-state index contributed by atoms with van der Waals surface area (Å²) in [6.07, 6.45) is 1.12. The monoisotopic (exact) mass is 338 g/mol. The molecule has 64 valence electrons. The van der Waals surface area contributed by atoms with Crippen LogP contribution in [0.3, 0.4) is 0 Å². The average molecular weight is 339 g/mol. The molecule has 0 fully saturated rings. The highest BCUT2D eigenvalue weighted by Crippen LogP contribution is 2.39. The number of benzene rings is 1. The van der Waals surface area contributed by atoms with Crippen LogP contribution in [-0.2, 0) is 0 Å². The Labute approximate surface area is 93.8 Å². The molecule has 0 saturated heterocycles. The molecule has 0 N–H and O–H groups in total. The number of rotatable bonds is 0. The van der Waals surface area contributed by atoms with Crippen molar-refractivity contribution in [3.63, 3.8) is 0 Å². The molecule has 0 aliphatic carbocycles. The van der Waals surface area contributed by atoms with Gasteiger partial charge < -0.3 is 4.74 Å². The summed E-state index contributed by atoms with van der Waals surface area (Å²) in [7, 11) is 0. The first-order valence-corrected chi connectivity index (χ1v) is 5.87. The van der Waals surface area contributed by atoms with E-state index in [9.17, 15) is 0 Å². The van der Waals surface area contributed by atoms with Gasteiger partial charge in [-0.15, -0.1) is 0 Å². The Balaban J connectivity index is 2.47. The third-order valence-electron chi connectivity index (χ3n) is 1.94. The van der Waals surface area contributed by atoms with Gasteiger partial charge >= 0.3 is 0 Å². The molecule has 1 unspecified atom stereocenters. The van der Waals surface area contributed by atoms with Gasteiger partial charge in [-0.1, -0.05) is 38.5 Å². The highest BCUT2D eigenvalue weighted by molar-refractivity contribution is 14.1. The van der Waals surface area contributed by atoms with Gasteiger partial charge in [0.15, 0.2) is 0 Å². The van der Waals surface area contributed by atoms with Gasteiger partial charge in [-0.2, -0.15) is 0 Å². The zero-order chi connectivity index (χ0) is 8.55. The summed E-state index contributed by atoms with van der Waals surface area (Å²) in [6, 6.07) is 6.20. The average Bonchev–Trinajstić information content (AvgIpc) is 2.07. The van der Waals surface area contributed by atoms with Crippen molar-refractivity contribution in [2.75, 3.05) is 6.61 Å². The first-order valence-electron chi connectivity index (χ1n) is 3.83. The largest absolute Gasteiger partial charge is 0.493 e. The molecule has 1 atom stereocenters. The second kappa shape index (κ2) is 3.54. The SMILES string of the molecule is Brc1ccc2c(c1)C(I)CCO2. The standard InChI is InChI=1S/C9H8BrIO/c10-6-1-2-9-7(5-6)8(11)3-4-12-9/h1-2,5,8H,3-4H2. The molecular weight excluding hydrogens is 331 g/mol. The normalized spacial score (nSPS) is 21.3. The van der Waals surface area contributed by atoms with E-state index in [1.165, 1.54) is 5.56 Å². The van der Waals surface area contributed by atoms with Crippen LogP contribution < -0.4 is 4.74 Å². The number of hydrogen-bond donors (Lipinski definition) is 0. The summed E-state index contributed by atoms with van der Waals surface area (Å²) in [5, 5.41) is 0. The molecule has 3 heteroatoms. The molecule has 1 aliphatic rings. The van der Waals surface area contributed by atoms with Crippen LogP contribution in [0, 0.1) is 0 Å². The maximum atomic E-state index is 5.52. The highest BCUT2D eigenvalue weighted by atomic mass is 127. The molecular formula is C9H8BrIO. The summed E-state index contributed by atoms with van der Waals surface area (Å²) < 4.78 is 7.26. The lowest BCUT2D eigenvalue weighted by Crippen LogP contribution is -2.09. The fourth-order valence-electron chi connectivity index (χ4n) is 1.32. The fourth-order valence-corrected chi connectivity index (χ4v) is 2.44. The molecule has 0 amide bonds. The van der Waals surface area contributed by atoms with Gasteiger partial charge in [0, 0.05) is 14.0 Å². The predicted molar refractivity (Wildman–Crippen MR) is 61.0 cm³/mol. The Morgan fingerprint density at radius 3 is 3.17 bits per heavy atom. The maximum absolute atomic E-state index is 5.52. The van der Waals surface area contributed by atoms with Crippen LogP contribution in [0.25, 0.3) is 0 Å². The molecule has 12 heavy (non-hydrogen) atoms. The number of hydrogen-bond acceptors (Lipinski definition) is 1. The minimum absolute atomic E-state index is 0.601. The van der Waals surface area contributed by atoms with Gasteiger partial charge in [0.1, 0.15) is 5.75 Å². The highest BCUT2D eigenvalue weighted by Gasteiger charge is 2.18. The van der Waals surface area contributed by atoms with Crippen LogP contribution in [0.5, 0.6) is 5.75 Å². The molecule has 1 aromatic carbocycles. The Kier molecular flexibility index (Phi) is 2.60. The van der Waals surface area contributed by atoms with Crippen molar-refractivity contribution in [1.29, 1.82) is 0 Å². The summed E-state index contributed by atoms with van der Waals surface area (Å²) in [6.45, 7) is 0.849. The van der Waals surface area contributed by atoms with Gasteiger partial charge in [0.25, 0.3) is 0 Å². The van der Waals surface area contributed by atoms with Crippen LogP contribution in [0.1, 0.15) is 15.9 Å². The van der Waals surface area contributed by atoms with Crippen LogP contribution in [0.4, 0.5) is 0 Å². The fraction of sp³-hybridized carbons (Fsp3) is 0.333. The molecule has 0 spiro atoms. The molecule has 0 radical (unpaired) electrons. The van der Waals surface area contributed by atoms with Gasteiger partial charge in [0.05, 0.1) is 6.61 Å². The van der Waals surface area contributed by atoms with E-state index in [0.717, 1.165) is 23.2 Å². The number of ether oxygens (including phenoxy) is 1. The van der Waals surface area contributed by atoms with E-state index in [-0.39, 0.29) is 0 Å². The van der Waals surface area contributed by atoms with Crippen molar-refractivity contribution in [3.05, 3.63) is 28.2 Å². The van der Waals surface area contributed by atoms with Crippen LogP contribution in [0.15, 0.2) is 22.7 Å². The number of fused-ring (bicyclic) bond motifs is 1. The predicted octanol–water partition coefficient (Wildman–Crippen LogP) is 3.71. The molecule has 1 nitrogen and oxygen atoms in total. The summed E-state index contributed by atoms with van der Waals surface area (Å²) in [5.41, 5.74) is 1.32. The van der Waals surface area contributed by atoms with Crippen LogP contribution in [0.2, 0.25) is 0 Å². The van der Waals surface area contributed by atoms with Crippen molar-refractivity contribution in [1.82, 2.24) is 0 Å². The molecule has 1 heterocycles. The topological polar surface area (TPSA) is 9.23 Å². The van der Waals surface area contributed by atoms with Crippen LogP contribution in [-0.4, -0.2) is 6.61 Å². The van der Waals surface area contributed by atoms with E-state index in [0.29, 0.717) is 3.92 Å². The van der Waals surface area contributed by atoms with E-state index < -0.39 is 0 Å². The number of alkyl halides is 1. The third kappa shape index (κ3) is 1.62. The minimum Gasteiger partial charge on any atom is -0.493 e. The van der Waals surface area contributed by atoms with E-state index in [1.807, 2.05) is 12.1 Å². The summed E-state index contributed by atoms with van der Waals surface area (Å²) >= 11 is 5.92. The van der Waals surface area contributed by atoms with Gasteiger partial charge in [-0.25, -0.2) is 0 Å². The molecule has 1 aliphatic heterocycles. The Morgan fingerprint density at radius 1 is 1.50 bits per heavy atom. The molecule has 2 rings (SSSR count). The Bertz CT molecular complexity index is 301. The van der Waals surface area contributed by atoms with Crippen molar-refractivity contribution in [2.45, 2.75) is 10.3 Å². The van der Waals surface area contributed by atoms with Gasteiger partial charge in [-0.3, -0.25) is 0 Å². The quantitative estimate of drug-likeness (QED) is 0.517. The lowest BCUT2D eigenvalue weighted by molar-refractivity contribution is 0.289. The molecule has 0 bridgehead atoms. The number of halogens is 2. The second-order valence-corrected chi connectivity index (χ2v) is 5.21. The molecule has 1 aromatic rings. The lowest BCUT2D eigenvalue weighted by atomic mass is 10.1. The van der Waals surface area contributed by atoms with E-state index in [2.05, 4.69) is 44.6 Å². The van der Waals surface area contributed by atoms with Gasteiger partial charge in [-0.05, 0) is 24.6 Å². The Hall–Kier alpha value is 0.230. The smallest absolute Gasteiger partial charge is 0.123 e.